The van der Waals surface area contributed by atoms with E-state index in [0.717, 1.165) is 11.0 Å². The molecule has 1 heterocycles. The van der Waals surface area contributed by atoms with Gasteiger partial charge in [-0.25, -0.2) is 9.18 Å². The van der Waals surface area contributed by atoms with Crippen molar-refractivity contribution in [1.82, 2.24) is 10.2 Å². The van der Waals surface area contributed by atoms with Gasteiger partial charge >= 0.3 is 5.97 Å². The average molecular weight is 280 g/mol. The van der Waals surface area contributed by atoms with Gasteiger partial charge in [-0.05, 0) is 30.7 Å². The predicted molar refractivity (Wildman–Crippen MR) is 66.6 cm³/mol. The summed E-state index contributed by atoms with van der Waals surface area (Å²) in [6.45, 7) is 1.11. The minimum atomic E-state index is -1.22. The van der Waals surface area contributed by atoms with Crippen LogP contribution in [0.4, 0.5) is 4.39 Å². The molecule has 1 fully saturated rings. The molecule has 7 heteroatoms. The van der Waals surface area contributed by atoms with Crippen molar-refractivity contribution in [3.63, 3.8) is 0 Å². The molecule has 0 aromatic heterocycles. The van der Waals surface area contributed by atoms with Crippen LogP contribution in [0.25, 0.3) is 0 Å². The van der Waals surface area contributed by atoms with Crippen LogP contribution in [0.5, 0.6) is 0 Å². The van der Waals surface area contributed by atoms with E-state index in [9.17, 15) is 18.8 Å². The summed E-state index contributed by atoms with van der Waals surface area (Å²) in [5, 5.41) is 11.5. The van der Waals surface area contributed by atoms with Crippen LogP contribution in [0.15, 0.2) is 18.2 Å². The van der Waals surface area contributed by atoms with E-state index in [4.69, 9.17) is 5.11 Å². The number of hydrogen-bond acceptors (Lipinski definition) is 3. The molecule has 6 nitrogen and oxygen atoms in total. The van der Waals surface area contributed by atoms with Crippen LogP contribution in [0, 0.1) is 12.7 Å². The molecule has 1 aliphatic rings. The summed E-state index contributed by atoms with van der Waals surface area (Å²) >= 11 is 0. The number of aryl methyl sites for hydroxylation is 1. The van der Waals surface area contributed by atoms with Gasteiger partial charge in [-0.2, -0.15) is 0 Å². The number of carboxylic acid groups (broad SMARTS) is 1. The lowest BCUT2D eigenvalue weighted by Crippen LogP contribution is -2.59. The van der Waals surface area contributed by atoms with Crippen LogP contribution in [-0.4, -0.2) is 46.9 Å². The molecular weight excluding hydrogens is 267 g/mol. The third-order valence-corrected chi connectivity index (χ3v) is 3.02. The number of nitrogens with one attached hydrogen (secondary N) is 1. The van der Waals surface area contributed by atoms with Crippen LogP contribution < -0.4 is 5.32 Å². The van der Waals surface area contributed by atoms with Gasteiger partial charge < -0.3 is 15.3 Å². The number of halogens is 1. The monoisotopic (exact) mass is 280 g/mol. The fourth-order valence-corrected chi connectivity index (χ4v) is 2.10. The minimum Gasteiger partial charge on any atom is -0.480 e. The Morgan fingerprint density at radius 1 is 1.40 bits per heavy atom. The molecule has 1 atom stereocenters. The van der Waals surface area contributed by atoms with Gasteiger partial charge in [0, 0.05) is 12.1 Å². The number of carbonyl (C=O) groups excluding carboxylic acids is 2. The highest BCUT2D eigenvalue weighted by Crippen LogP contribution is 2.14. The number of benzene rings is 1. The number of nitrogens with zero attached hydrogens (tertiary/aromatic N) is 1. The van der Waals surface area contributed by atoms with Crippen molar-refractivity contribution in [3.05, 3.63) is 35.1 Å². The maximum absolute atomic E-state index is 13.3. The number of aliphatic carboxylic acids is 1. The smallest absolute Gasteiger partial charge is 0.328 e. The van der Waals surface area contributed by atoms with E-state index in [2.05, 4.69) is 5.32 Å². The van der Waals surface area contributed by atoms with Gasteiger partial charge in [0.05, 0.1) is 0 Å². The number of amides is 2. The Morgan fingerprint density at radius 2 is 2.10 bits per heavy atom. The zero-order chi connectivity index (χ0) is 14.9. The second-order valence-electron chi connectivity index (χ2n) is 4.61. The Kier molecular flexibility index (Phi) is 3.69. The van der Waals surface area contributed by atoms with Gasteiger partial charge in [-0.3, -0.25) is 9.59 Å². The highest BCUT2D eigenvalue weighted by Gasteiger charge is 2.35. The van der Waals surface area contributed by atoms with E-state index in [1.807, 2.05) is 0 Å². The van der Waals surface area contributed by atoms with Gasteiger partial charge in [-0.1, -0.05) is 0 Å². The number of carbonyl (C=O) groups is 3. The Labute approximate surface area is 114 Å². The molecule has 0 aliphatic carbocycles. The van der Waals surface area contributed by atoms with Gasteiger partial charge in [0.1, 0.15) is 18.4 Å². The van der Waals surface area contributed by atoms with Gasteiger partial charge in [0.25, 0.3) is 5.91 Å². The van der Waals surface area contributed by atoms with Crippen molar-refractivity contribution < 1.29 is 23.9 Å². The second kappa shape index (κ2) is 5.28. The van der Waals surface area contributed by atoms with Crippen LogP contribution in [-0.2, 0) is 9.59 Å². The van der Waals surface area contributed by atoms with Crippen molar-refractivity contribution in [3.8, 4) is 0 Å². The summed E-state index contributed by atoms with van der Waals surface area (Å²) in [5.74, 6) is -2.91. The number of piperazine rings is 1. The van der Waals surface area contributed by atoms with Crippen molar-refractivity contribution in [2.45, 2.75) is 13.0 Å². The third kappa shape index (κ3) is 2.76. The van der Waals surface area contributed by atoms with E-state index >= 15 is 0 Å². The number of carboxylic acids is 1. The molecule has 20 heavy (non-hydrogen) atoms. The number of rotatable bonds is 2. The first-order valence-electron chi connectivity index (χ1n) is 5.96. The van der Waals surface area contributed by atoms with E-state index < -0.39 is 29.6 Å². The van der Waals surface area contributed by atoms with E-state index in [0.29, 0.717) is 5.56 Å². The maximum Gasteiger partial charge on any atom is 0.328 e. The Balaban J connectivity index is 2.33. The molecule has 0 radical (unpaired) electrons. The Bertz CT molecular complexity index is 567. The molecule has 106 valence electrons. The largest absolute Gasteiger partial charge is 0.480 e. The third-order valence-electron chi connectivity index (χ3n) is 3.02. The summed E-state index contributed by atoms with van der Waals surface area (Å²) in [7, 11) is 0. The fraction of sp³-hybridized carbons (Fsp3) is 0.308. The lowest BCUT2D eigenvalue weighted by molar-refractivity contribution is -0.144. The average Bonchev–Trinajstić information content (AvgIpc) is 2.36. The quantitative estimate of drug-likeness (QED) is 0.808. The summed E-state index contributed by atoms with van der Waals surface area (Å²) in [6, 6.07) is 2.59. The molecule has 2 N–H and O–H groups in total. The molecule has 1 aromatic rings. The zero-order valence-electron chi connectivity index (χ0n) is 10.7. The molecule has 1 aliphatic heterocycles. The highest BCUT2D eigenvalue weighted by atomic mass is 19.1. The molecule has 1 unspecified atom stereocenters. The first kappa shape index (κ1) is 14.0. The normalized spacial score (nSPS) is 18.6. The molecule has 2 rings (SSSR count). The lowest BCUT2D eigenvalue weighted by atomic mass is 10.1. The number of hydrogen-bond donors (Lipinski definition) is 2. The summed E-state index contributed by atoms with van der Waals surface area (Å²) in [6.07, 6.45) is 0. The lowest BCUT2D eigenvalue weighted by Gasteiger charge is -2.32. The molecule has 1 aromatic carbocycles. The highest BCUT2D eigenvalue weighted by molar-refractivity contribution is 6.00. The first-order valence-corrected chi connectivity index (χ1v) is 5.96. The van der Waals surface area contributed by atoms with Gasteiger partial charge in [0.2, 0.25) is 5.91 Å². The van der Waals surface area contributed by atoms with Crippen molar-refractivity contribution in [2.75, 3.05) is 13.1 Å². The minimum absolute atomic E-state index is 0.0310. The van der Waals surface area contributed by atoms with Crippen molar-refractivity contribution >= 4 is 17.8 Å². The predicted octanol–water partition coefficient (Wildman–Crippen LogP) is 0.159. The van der Waals surface area contributed by atoms with Gasteiger partial charge in [0.15, 0.2) is 0 Å². The van der Waals surface area contributed by atoms with E-state index in [1.165, 1.54) is 12.1 Å². The van der Waals surface area contributed by atoms with Crippen molar-refractivity contribution in [2.24, 2.45) is 0 Å². The molecule has 2 amide bonds. The Hall–Kier alpha value is -2.44. The van der Waals surface area contributed by atoms with Crippen molar-refractivity contribution in [1.29, 1.82) is 0 Å². The SMILES string of the molecule is Cc1cc(F)cc(C(=O)N2CC(=O)NCC2C(=O)O)c1. The van der Waals surface area contributed by atoms with E-state index in [-0.39, 0.29) is 18.7 Å². The first-order chi connectivity index (χ1) is 9.38. The summed E-state index contributed by atoms with van der Waals surface area (Å²) < 4.78 is 13.3. The molecule has 0 saturated carbocycles. The molecule has 0 spiro atoms. The maximum atomic E-state index is 13.3. The summed E-state index contributed by atoms with van der Waals surface area (Å²) in [4.78, 5) is 35.7. The van der Waals surface area contributed by atoms with Crippen LogP contribution in [0.1, 0.15) is 15.9 Å². The standard InChI is InChI=1S/C13H13FN2O4/c1-7-2-8(4-9(14)3-7)12(18)16-6-11(17)15-5-10(16)13(19)20/h2-4,10H,5-6H2,1H3,(H,15,17)(H,19,20). The van der Waals surface area contributed by atoms with Crippen LogP contribution >= 0.6 is 0 Å². The topological polar surface area (TPSA) is 86.7 Å². The Morgan fingerprint density at radius 3 is 2.70 bits per heavy atom. The zero-order valence-corrected chi connectivity index (χ0v) is 10.7. The molecule has 1 saturated heterocycles. The molecule has 0 bridgehead atoms. The van der Waals surface area contributed by atoms with E-state index in [1.54, 1.807) is 6.92 Å². The summed E-state index contributed by atoms with van der Waals surface area (Å²) in [5.41, 5.74) is 0.574. The van der Waals surface area contributed by atoms with Crippen LogP contribution in [0.3, 0.4) is 0 Å². The molecular formula is C13H13FN2O4. The van der Waals surface area contributed by atoms with Crippen LogP contribution in [0.2, 0.25) is 0 Å². The fourth-order valence-electron chi connectivity index (χ4n) is 2.10. The second-order valence-corrected chi connectivity index (χ2v) is 4.61. The van der Waals surface area contributed by atoms with Gasteiger partial charge in [-0.15, -0.1) is 0 Å².